The number of hydrazine groups is 1. The van der Waals surface area contributed by atoms with E-state index in [1.54, 1.807) is 0 Å². The van der Waals surface area contributed by atoms with Gasteiger partial charge in [0.15, 0.2) is 0 Å². The zero-order valence-electron chi connectivity index (χ0n) is 27.1. The lowest BCUT2D eigenvalue weighted by molar-refractivity contribution is 0.341. The van der Waals surface area contributed by atoms with Gasteiger partial charge in [0.2, 0.25) is 0 Å². The van der Waals surface area contributed by atoms with E-state index >= 15 is 0 Å². The van der Waals surface area contributed by atoms with E-state index in [9.17, 15) is 0 Å². The van der Waals surface area contributed by atoms with E-state index in [0.717, 1.165) is 22.9 Å². The molecule has 1 fully saturated rings. The van der Waals surface area contributed by atoms with Crippen LogP contribution in [0.5, 0.6) is 11.5 Å². The van der Waals surface area contributed by atoms with Gasteiger partial charge in [-0.05, 0) is 56.6 Å². The van der Waals surface area contributed by atoms with E-state index in [2.05, 4.69) is 186 Å². The fourth-order valence-electron chi connectivity index (χ4n) is 8.72. The van der Waals surface area contributed by atoms with Gasteiger partial charge >= 0.3 is 0 Å². The van der Waals surface area contributed by atoms with E-state index < -0.39 is 5.41 Å². The number of rotatable bonds is 4. The zero-order valence-corrected chi connectivity index (χ0v) is 27.1. The number of benzene rings is 7. The fourth-order valence-corrected chi connectivity index (χ4v) is 8.72. The molecule has 4 heteroatoms. The number of amidine groups is 1. The Morgan fingerprint density at radius 3 is 1.70 bits per heavy atom. The lowest BCUT2D eigenvalue weighted by Crippen LogP contribution is -2.32. The Bertz CT molecular complexity index is 2440. The molecule has 3 aliphatic heterocycles. The number of aliphatic imine (C=N–C) groups is 1. The van der Waals surface area contributed by atoms with Crippen LogP contribution in [-0.4, -0.2) is 15.9 Å². The van der Waals surface area contributed by atoms with Crippen molar-refractivity contribution in [3.63, 3.8) is 0 Å². The minimum Gasteiger partial charge on any atom is -0.457 e. The van der Waals surface area contributed by atoms with Crippen molar-refractivity contribution in [3.05, 3.63) is 215 Å². The summed E-state index contributed by atoms with van der Waals surface area (Å²) in [5, 5.41) is 4.80. The van der Waals surface area contributed by atoms with Gasteiger partial charge in [-0.2, -0.15) is 5.01 Å². The van der Waals surface area contributed by atoms with Crippen LogP contribution in [-0.2, 0) is 5.41 Å². The van der Waals surface area contributed by atoms with Gasteiger partial charge in [-0.3, -0.25) is 5.01 Å². The Morgan fingerprint density at radius 1 is 0.460 bits per heavy atom. The first-order valence-corrected chi connectivity index (χ1v) is 17.3. The number of hydrogen-bond acceptors (Lipinski definition) is 4. The van der Waals surface area contributed by atoms with Crippen molar-refractivity contribution in [3.8, 4) is 33.8 Å². The lowest BCUT2D eigenvalue weighted by atomic mass is 9.66. The predicted molar refractivity (Wildman–Crippen MR) is 198 cm³/mol. The topological polar surface area (TPSA) is 27.6 Å². The molecule has 0 aromatic heterocycles. The van der Waals surface area contributed by atoms with Crippen LogP contribution in [0, 0.1) is 0 Å². The van der Waals surface area contributed by atoms with Crippen LogP contribution in [0.4, 0.5) is 0 Å². The fraction of sp³-hybridized carbons (Fsp3) is 0.0652. The Labute approximate surface area is 291 Å². The molecule has 7 aromatic carbocycles. The summed E-state index contributed by atoms with van der Waals surface area (Å²) in [4.78, 5) is 5.44. The molecule has 50 heavy (non-hydrogen) atoms. The van der Waals surface area contributed by atoms with Gasteiger partial charge in [0, 0.05) is 16.7 Å². The van der Waals surface area contributed by atoms with Gasteiger partial charge in [0.05, 0.1) is 5.41 Å². The van der Waals surface area contributed by atoms with E-state index in [1.807, 2.05) is 0 Å². The molecule has 3 heterocycles. The maximum absolute atomic E-state index is 6.57. The standard InChI is InChI=1S/C46H31N3O/c1-3-13-30(14-4-1)31-23-25-33(26-24-31)45-48-43(32-15-5-2-6-16-32)47-44(49(45)48)34-27-28-36-35-17-7-8-18-37(35)46(40(36)29-34)38-19-9-11-21-41(38)50-42-22-12-10-20-39(42)46/h1-29,44-45H. The molecule has 0 N–H and O–H groups in total. The summed E-state index contributed by atoms with van der Waals surface area (Å²) in [5.41, 5.74) is 12.9. The Morgan fingerprint density at radius 2 is 1.00 bits per heavy atom. The molecular formula is C46H31N3O. The highest BCUT2D eigenvalue weighted by Crippen LogP contribution is 2.63. The molecule has 7 aromatic rings. The normalized spacial score (nSPS) is 19.8. The maximum Gasteiger partial charge on any atom is 0.150 e. The highest BCUT2D eigenvalue weighted by atomic mass is 16.5. The van der Waals surface area contributed by atoms with Gasteiger partial charge in [-0.1, -0.05) is 164 Å². The smallest absolute Gasteiger partial charge is 0.150 e. The number of nitrogens with zero attached hydrogens (tertiary/aromatic N) is 3. The van der Waals surface area contributed by atoms with E-state index in [0.29, 0.717) is 0 Å². The molecule has 3 atom stereocenters. The van der Waals surface area contributed by atoms with E-state index in [-0.39, 0.29) is 12.3 Å². The summed E-state index contributed by atoms with van der Waals surface area (Å²) in [6.07, 6.45) is -0.0677. The first-order chi connectivity index (χ1) is 24.8. The molecule has 4 aliphatic rings. The van der Waals surface area contributed by atoms with Crippen LogP contribution < -0.4 is 4.74 Å². The van der Waals surface area contributed by atoms with Crippen LogP contribution in [0.3, 0.4) is 0 Å². The molecule has 0 saturated carbocycles. The number of hydrogen-bond donors (Lipinski definition) is 0. The molecule has 11 rings (SSSR count). The van der Waals surface area contributed by atoms with Gasteiger partial charge in [0.1, 0.15) is 29.7 Å². The molecule has 1 saturated heterocycles. The third-order valence-corrected chi connectivity index (χ3v) is 10.9. The molecule has 236 valence electrons. The quantitative estimate of drug-likeness (QED) is 0.179. The van der Waals surface area contributed by atoms with Crippen molar-refractivity contribution in [1.82, 2.24) is 10.0 Å². The van der Waals surface area contributed by atoms with Gasteiger partial charge in [-0.15, -0.1) is 0 Å². The summed E-state index contributed by atoms with van der Waals surface area (Å²) < 4.78 is 6.57. The molecule has 4 nitrogen and oxygen atoms in total. The summed E-state index contributed by atoms with van der Waals surface area (Å²) in [7, 11) is 0. The van der Waals surface area contributed by atoms with Gasteiger partial charge in [-0.25, -0.2) is 4.99 Å². The molecule has 1 spiro atoms. The maximum atomic E-state index is 6.57. The van der Waals surface area contributed by atoms with Crippen LogP contribution in [0.15, 0.2) is 181 Å². The zero-order chi connectivity index (χ0) is 32.8. The third kappa shape index (κ3) is 3.77. The minimum absolute atomic E-state index is 0.0986. The molecule has 3 unspecified atom stereocenters. The van der Waals surface area contributed by atoms with Crippen molar-refractivity contribution < 1.29 is 4.74 Å². The van der Waals surface area contributed by atoms with E-state index in [1.165, 1.54) is 55.6 Å². The van der Waals surface area contributed by atoms with Gasteiger partial charge in [0.25, 0.3) is 0 Å². The first kappa shape index (κ1) is 27.7. The monoisotopic (exact) mass is 641 g/mol. The number of para-hydroxylation sites is 2. The Kier molecular flexibility index (Phi) is 5.75. The van der Waals surface area contributed by atoms with Crippen molar-refractivity contribution in [1.29, 1.82) is 0 Å². The summed E-state index contributed by atoms with van der Waals surface area (Å²) in [6, 6.07) is 63.2. The second-order valence-corrected chi connectivity index (χ2v) is 13.5. The largest absolute Gasteiger partial charge is 0.457 e. The van der Waals surface area contributed by atoms with Crippen LogP contribution in [0.2, 0.25) is 0 Å². The van der Waals surface area contributed by atoms with Crippen molar-refractivity contribution in [2.24, 2.45) is 4.99 Å². The van der Waals surface area contributed by atoms with Gasteiger partial charge < -0.3 is 4.74 Å². The molecule has 0 bridgehead atoms. The van der Waals surface area contributed by atoms with Crippen molar-refractivity contribution in [2.45, 2.75) is 17.7 Å². The van der Waals surface area contributed by atoms with Crippen molar-refractivity contribution >= 4 is 5.84 Å². The number of fused-ring (bicyclic) bond motifs is 10. The second-order valence-electron chi connectivity index (χ2n) is 13.5. The molecule has 0 radical (unpaired) electrons. The van der Waals surface area contributed by atoms with Crippen LogP contribution in [0.25, 0.3) is 22.3 Å². The average molecular weight is 642 g/mol. The summed E-state index contributed by atoms with van der Waals surface area (Å²) in [5.74, 6) is 2.81. The lowest BCUT2D eigenvalue weighted by Gasteiger charge is -2.39. The Hall–Kier alpha value is -6.23. The predicted octanol–water partition coefficient (Wildman–Crippen LogP) is 10.5. The number of ether oxygens (including phenoxy) is 1. The van der Waals surface area contributed by atoms with Crippen LogP contribution >= 0.6 is 0 Å². The second kappa shape index (κ2) is 10.4. The van der Waals surface area contributed by atoms with Crippen LogP contribution in [0.1, 0.15) is 51.3 Å². The van der Waals surface area contributed by atoms with E-state index in [4.69, 9.17) is 9.73 Å². The SMILES string of the molecule is c1ccc(C2=NC(c3ccc4c(c3)C3(c5ccccc5Oc5ccccc53)c3ccccc3-4)N3C(c4ccc(-c5ccccc5)cc4)N23)cc1. The average Bonchev–Trinajstić information content (AvgIpc) is 3.68. The highest BCUT2D eigenvalue weighted by Gasteiger charge is 2.58. The first-order valence-electron chi connectivity index (χ1n) is 17.3. The molecular weight excluding hydrogens is 611 g/mol. The molecule has 1 aliphatic carbocycles. The summed E-state index contributed by atoms with van der Waals surface area (Å²) >= 11 is 0. The molecule has 0 amide bonds. The van der Waals surface area contributed by atoms with Crippen molar-refractivity contribution in [2.75, 3.05) is 0 Å². The minimum atomic E-state index is -0.511. The Balaban J connectivity index is 1.08. The summed E-state index contributed by atoms with van der Waals surface area (Å²) in [6.45, 7) is 0. The third-order valence-electron chi connectivity index (χ3n) is 10.9. The highest BCUT2D eigenvalue weighted by molar-refractivity contribution is 6.01.